The fraction of sp³-hybridized carbons (Fsp3) is 0.667. The largest absolute Gasteiger partial charge is 0.455 e. The van der Waals surface area contributed by atoms with E-state index in [2.05, 4.69) is 6.58 Å². The van der Waals surface area contributed by atoms with Crippen LogP contribution in [0, 0.1) is 0 Å². The van der Waals surface area contributed by atoms with Crippen LogP contribution in [0.2, 0.25) is 0 Å². The van der Waals surface area contributed by atoms with Gasteiger partial charge in [-0.05, 0) is 0 Å². The molecule has 1 aromatic heterocycles. The molecule has 0 aliphatic rings. The molecule has 1 heterocycles. The Balaban J connectivity index is 4.72. The summed E-state index contributed by atoms with van der Waals surface area (Å²) < 4.78 is 269. The van der Waals surface area contributed by atoms with Crippen molar-refractivity contribution in [3.05, 3.63) is 24.3 Å². The maximum absolute atomic E-state index is 14.1. The number of nitrogens with one attached hydrogen (secondary N) is 1. The highest BCUT2D eigenvalue weighted by atomic mass is 19.4. The Morgan fingerprint density at radius 1 is 0.487 bits per heavy atom. The highest BCUT2D eigenvalue weighted by Gasteiger charge is 2.92. The van der Waals surface area contributed by atoms with Crippen LogP contribution in [-0.2, 0) is 10.8 Å². The van der Waals surface area contributed by atoms with Crippen molar-refractivity contribution in [2.24, 2.45) is 0 Å². The number of rotatable bonds is 6. The first kappa shape index (κ1) is 34.2. The Labute approximate surface area is 200 Å². The van der Waals surface area contributed by atoms with Gasteiger partial charge in [0.1, 0.15) is 0 Å². The quantitative estimate of drug-likeness (QED) is 0.276. The maximum atomic E-state index is 14.1. The molecule has 4 nitrogen and oxygen atoms in total. The standard InChI is InChI=1S/C15H6F20N4/c1-2-3-36-6-38-4(7(10(18,19)20,11(21,22)23)9(16,17)15(33,34)35)37-5(39-6)8(12(24,25)26,13(27,28)29)14(30,31)32/h2H,1,3H2,(H,36,37,38,39). The predicted octanol–water partition coefficient (Wildman–Crippen LogP) is 6.95. The van der Waals surface area contributed by atoms with E-state index in [1.54, 1.807) is 0 Å². The van der Waals surface area contributed by atoms with Crippen molar-refractivity contribution in [2.45, 2.75) is 53.8 Å². The second-order valence-corrected chi connectivity index (χ2v) is 7.04. The fourth-order valence-electron chi connectivity index (χ4n) is 2.94. The summed E-state index contributed by atoms with van der Waals surface area (Å²) in [4.78, 5) is 4.81. The zero-order valence-electron chi connectivity index (χ0n) is 17.4. The van der Waals surface area contributed by atoms with Gasteiger partial charge in [-0.2, -0.15) is 97.8 Å². The van der Waals surface area contributed by atoms with Gasteiger partial charge in [-0.1, -0.05) is 6.08 Å². The van der Waals surface area contributed by atoms with E-state index in [1.807, 2.05) is 9.97 Å². The molecule has 1 rings (SSSR count). The molecule has 0 aliphatic carbocycles. The Morgan fingerprint density at radius 3 is 1.05 bits per heavy atom. The number of alkyl halides is 20. The molecular formula is C15H6F20N4. The first-order valence-corrected chi connectivity index (χ1v) is 8.79. The molecule has 226 valence electrons. The lowest BCUT2D eigenvalue weighted by atomic mass is 9.77. The zero-order chi connectivity index (χ0) is 31.5. The summed E-state index contributed by atoms with van der Waals surface area (Å²) in [6, 6.07) is 0. The van der Waals surface area contributed by atoms with Crippen molar-refractivity contribution < 1.29 is 87.8 Å². The monoisotopic (exact) mass is 622 g/mol. The molecule has 24 heteroatoms. The van der Waals surface area contributed by atoms with Gasteiger partial charge in [-0.25, -0.2) is 4.98 Å². The number of nitrogens with zero attached hydrogens (tertiary/aromatic N) is 3. The predicted molar refractivity (Wildman–Crippen MR) is 83.1 cm³/mol. The van der Waals surface area contributed by atoms with Crippen LogP contribution in [-0.4, -0.2) is 64.5 Å². The minimum atomic E-state index is -8.28. The first-order chi connectivity index (χ1) is 16.9. The molecule has 0 fully saturated rings. The van der Waals surface area contributed by atoms with Crippen molar-refractivity contribution in [1.29, 1.82) is 0 Å². The van der Waals surface area contributed by atoms with E-state index in [-0.39, 0.29) is 0 Å². The summed E-state index contributed by atoms with van der Waals surface area (Å²) >= 11 is 0. The Morgan fingerprint density at radius 2 is 0.795 bits per heavy atom. The molecule has 0 saturated carbocycles. The molecule has 1 aromatic rings. The van der Waals surface area contributed by atoms with E-state index in [4.69, 9.17) is 0 Å². The van der Waals surface area contributed by atoms with Crippen LogP contribution in [0.5, 0.6) is 0 Å². The van der Waals surface area contributed by atoms with Crippen molar-refractivity contribution in [2.75, 3.05) is 11.9 Å². The highest BCUT2D eigenvalue weighted by molar-refractivity contribution is 5.36. The SMILES string of the molecule is C=CCNc1nc(C(C(F)(F)F)(C(F)(F)F)C(F)(F)F)nc(C(C(F)(F)F)(C(F)(F)F)C(F)(F)C(F)(F)F)n1. The van der Waals surface area contributed by atoms with Gasteiger partial charge in [0.2, 0.25) is 5.95 Å². The third-order valence-electron chi connectivity index (χ3n) is 4.66. The third-order valence-corrected chi connectivity index (χ3v) is 4.66. The summed E-state index contributed by atoms with van der Waals surface area (Å²) in [5.41, 5.74) is -15.6. The van der Waals surface area contributed by atoms with Gasteiger partial charge in [0.15, 0.2) is 11.6 Å². The van der Waals surface area contributed by atoms with Crippen molar-refractivity contribution in [3.8, 4) is 0 Å². The summed E-state index contributed by atoms with van der Waals surface area (Å²) in [6.07, 6.45) is -47.3. The van der Waals surface area contributed by atoms with Gasteiger partial charge in [0.25, 0.3) is 5.41 Å². The Bertz CT molecular complexity index is 988. The van der Waals surface area contributed by atoms with Crippen LogP contribution in [0.15, 0.2) is 12.7 Å². The Kier molecular flexibility index (Phi) is 8.21. The minimum absolute atomic E-state index is 0.429. The Hall–Kier alpha value is -2.85. The zero-order valence-corrected chi connectivity index (χ0v) is 17.4. The van der Waals surface area contributed by atoms with Gasteiger partial charge < -0.3 is 5.32 Å². The van der Waals surface area contributed by atoms with Crippen molar-refractivity contribution in [3.63, 3.8) is 0 Å². The van der Waals surface area contributed by atoms with Gasteiger partial charge in [0.05, 0.1) is 0 Å². The highest BCUT2D eigenvalue weighted by Crippen LogP contribution is 2.64. The first-order valence-electron chi connectivity index (χ1n) is 8.79. The second kappa shape index (κ2) is 9.37. The molecule has 0 spiro atoms. The smallest absolute Gasteiger partial charge is 0.351 e. The molecule has 1 N–H and O–H groups in total. The molecule has 0 aliphatic heterocycles. The molecule has 0 aromatic carbocycles. The summed E-state index contributed by atoms with van der Waals surface area (Å²) in [5, 5.41) is 1.12. The van der Waals surface area contributed by atoms with Gasteiger partial charge in [-0.3, -0.25) is 0 Å². The van der Waals surface area contributed by atoms with E-state index in [0.717, 1.165) is 10.3 Å². The number of aromatic nitrogens is 3. The molecule has 0 unspecified atom stereocenters. The molecule has 39 heavy (non-hydrogen) atoms. The molecule has 0 saturated heterocycles. The average Bonchev–Trinajstić information content (AvgIpc) is 2.59. The van der Waals surface area contributed by atoms with Crippen LogP contribution in [0.1, 0.15) is 11.6 Å². The molecule has 0 radical (unpaired) electrons. The van der Waals surface area contributed by atoms with E-state index in [0.29, 0.717) is 6.08 Å². The summed E-state index contributed by atoms with van der Waals surface area (Å²) in [7, 11) is 0. The number of halogens is 20. The summed E-state index contributed by atoms with van der Waals surface area (Å²) in [6.45, 7) is 1.56. The third kappa shape index (κ3) is 4.97. The van der Waals surface area contributed by atoms with E-state index >= 15 is 0 Å². The van der Waals surface area contributed by atoms with Crippen LogP contribution < -0.4 is 5.32 Å². The van der Waals surface area contributed by atoms with Crippen molar-refractivity contribution >= 4 is 5.95 Å². The normalized spacial score (nSPS) is 15.4. The van der Waals surface area contributed by atoms with Crippen molar-refractivity contribution in [1.82, 2.24) is 15.0 Å². The molecule has 0 bridgehead atoms. The van der Waals surface area contributed by atoms with E-state index in [9.17, 15) is 87.8 Å². The number of hydrogen-bond donors (Lipinski definition) is 1. The lowest BCUT2D eigenvalue weighted by Gasteiger charge is -2.42. The maximum Gasteiger partial charge on any atom is 0.455 e. The number of hydrogen-bond acceptors (Lipinski definition) is 4. The second-order valence-electron chi connectivity index (χ2n) is 7.04. The fourth-order valence-corrected chi connectivity index (χ4v) is 2.94. The van der Waals surface area contributed by atoms with Crippen LogP contribution >= 0.6 is 0 Å². The molecule has 0 amide bonds. The van der Waals surface area contributed by atoms with Crippen LogP contribution in [0.3, 0.4) is 0 Å². The number of anilines is 1. The minimum Gasteiger partial charge on any atom is -0.351 e. The average molecular weight is 622 g/mol. The topological polar surface area (TPSA) is 50.7 Å². The lowest BCUT2D eigenvalue weighted by Crippen LogP contribution is -2.70. The van der Waals surface area contributed by atoms with E-state index < -0.39 is 78.0 Å². The van der Waals surface area contributed by atoms with Gasteiger partial charge in [0, 0.05) is 6.54 Å². The summed E-state index contributed by atoms with van der Waals surface area (Å²) in [5.74, 6) is -19.4. The van der Waals surface area contributed by atoms with Crippen LogP contribution in [0.25, 0.3) is 0 Å². The van der Waals surface area contributed by atoms with E-state index in [1.165, 1.54) is 0 Å². The van der Waals surface area contributed by atoms with Gasteiger partial charge >= 0.3 is 48.4 Å². The van der Waals surface area contributed by atoms with Gasteiger partial charge in [-0.15, -0.1) is 6.58 Å². The van der Waals surface area contributed by atoms with Crippen LogP contribution in [0.4, 0.5) is 93.8 Å². The lowest BCUT2D eigenvalue weighted by molar-refractivity contribution is -0.416. The molecule has 0 atom stereocenters. The molecular weight excluding hydrogens is 616 g/mol.